The van der Waals surface area contributed by atoms with Crippen molar-refractivity contribution < 1.29 is 0 Å². The van der Waals surface area contributed by atoms with E-state index >= 15 is 0 Å². The molecule has 3 heteroatoms. The maximum atomic E-state index is 4.58. The Bertz CT molecular complexity index is 356. The summed E-state index contributed by atoms with van der Waals surface area (Å²) in [5.41, 5.74) is 0. The Kier molecular flexibility index (Phi) is 4.67. The lowest BCUT2D eigenvalue weighted by molar-refractivity contribution is 0.444. The van der Waals surface area contributed by atoms with Crippen molar-refractivity contribution in [3.63, 3.8) is 0 Å². The number of hydrogen-bond acceptors (Lipinski definition) is 2. The van der Waals surface area contributed by atoms with Crippen LogP contribution in [0.15, 0.2) is 12.3 Å². The normalized spacial score (nSPS) is 25.1. The van der Waals surface area contributed by atoms with Crippen LogP contribution in [0.3, 0.4) is 0 Å². The topological polar surface area (TPSA) is 29.9 Å². The van der Waals surface area contributed by atoms with Gasteiger partial charge in [0.25, 0.3) is 0 Å². The third kappa shape index (κ3) is 3.50. The van der Waals surface area contributed by atoms with Crippen molar-refractivity contribution in [1.82, 2.24) is 9.78 Å². The van der Waals surface area contributed by atoms with Crippen molar-refractivity contribution in [1.29, 1.82) is 0 Å². The fourth-order valence-corrected chi connectivity index (χ4v) is 2.84. The number of hydrogen-bond donors (Lipinski definition) is 1. The van der Waals surface area contributed by atoms with E-state index in [1.54, 1.807) is 0 Å². The summed E-state index contributed by atoms with van der Waals surface area (Å²) in [6.07, 6.45) is 10.2. The maximum absolute atomic E-state index is 4.58. The fraction of sp³-hybridized carbons (Fsp3) is 0.800. The summed E-state index contributed by atoms with van der Waals surface area (Å²) in [6, 6.07) is 3.17. The third-order valence-electron chi connectivity index (χ3n) is 4.16. The lowest BCUT2D eigenvalue weighted by Crippen LogP contribution is -2.19. The molecule has 18 heavy (non-hydrogen) atoms. The molecule has 3 nitrogen and oxygen atoms in total. The average Bonchev–Trinajstić information content (AvgIpc) is 2.69. The van der Waals surface area contributed by atoms with E-state index in [4.69, 9.17) is 0 Å². The smallest absolute Gasteiger partial charge is 0.148 e. The SMILES string of the molecule is CCC1CCCC(Nc2ccn(C(C)C)n2)CC1. The van der Waals surface area contributed by atoms with Gasteiger partial charge < -0.3 is 5.32 Å². The zero-order valence-electron chi connectivity index (χ0n) is 12.0. The van der Waals surface area contributed by atoms with E-state index in [0.717, 1.165) is 11.7 Å². The molecule has 2 rings (SSSR count). The van der Waals surface area contributed by atoms with Crippen LogP contribution >= 0.6 is 0 Å². The van der Waals surface area contributed by atoms with Gasteiger partial charge in [-0.15, -0.1) is 0 Å². The molecular weight excluding hydrogens is 222 g/mol. The molecule has 1 aliphatic carbocycles. The van der Waals surface area contributed by atoms with E-state index in [-0.39, 0.29) is 0 Å². The number of nitrogens with zero attached hydrogens (tertiary/aromatic N) is 2. The summed E-state index contributed by atoms with van der Waals surface area (Å²) in [6.45, 7) is 6.64. The van der Waals surface area contributed by atoms with Crippen LogP contribution in [0.2, 0.25) is 0 Å². The first-order valence-electron chi connectivity index (χ1n) is 7.50. The Morgan fingerprint density at radius 1 is 1.33 bits per heavy atom. The van der Waals surface area contributed by atoms with Crippen LogP contribution in [0.4, 0.5) is 5.82 Å². The summed E-state index contributed by atoms with van der Waals surface area (Å²) in [7, 11) is 0. The number of anilines is 1. The highest BCUT2D eigenvalue weighted by Gasteiger charge is 2.18. The van der Waals surface area contributed by atoms with Crippen molar-refractivity contribution in [2.45, 2.75) is 71.4 Å². The Hall–Kier alpha value is -0.990. The van der Waals surface area contributed by atoms with Crippen LogP contribution in [-0.2, 0) is 0 Å². The second-order valence-electron chi connectivity index (χ2n) is 5.90. The molecule has 2 unspecified atom stereocenters. The van der Waals surface area contributed by atoms with Crippen molar-refractivity contribution in [2.75, 3.05) is 5.32 Å². The molecule has 1 aliphatic rings. The quantitative estimate of drug-likeness (QED) is 0.809. The third-order valence-corrected chi connectivity index (χ3v) is 4.16. The lowest BCUT2D eigenvalue weighted by Gasteiger charge is -2.16. The first kappa shape index (κ1) is 13.4. The van der Waals surface area contributed by atoms with Gasteiger partial charge in [0.15, 0.2) is 0 Å². The van der Waals surface area contributed by atoms with Gasteiger partial charge in [-0.25, -0.2) is 0 Å². The molecule has 0 spiro atoms. The molecule has 1 heterocycles. The Morgan fingerprint density at radius 2 is 2.17 bits per heavy atom. The lowest BCUT2D eigenvalue weighted by atomic mass is 9.98. The number of rotatable bonds is 4. The predicted octanol–water partition coefficient (Wildman–Crippen LogP) is 4.23. The molecule has 2 atom stereocenters. The van der Waals surface area contributed by atoms with Gasteiger partial charge in [-0.3, -0.25) is 4.68 Å². The molecular formula is C15H27N3. The number of aromatic nitrogens is 2. The van der Waals surface area contributed by atoms with Crippen LogP contribution in [-0.4, -0.2) is 15.8 Å². The van der Waals surface area contributed by atoms with Crippen molar-refractivity contribution in [2.24, 2.45) is 5.92 Å². The van der Waals surface area contributed by atoms with E-state index < -0.39 is 0 Å². The standard InChI is InChI=1S/C15H27N3/c1-4-13-6-5-7-14(9-8-13)16-15-10-11-18(17-15)12(2)3/h10-14H,4-9H2,1-3H3,(H,16,17). The minimum absolute atomic E-state index is 0.444. The van der Waals surface area contributed by atoms with Gasteiger partial charge in [0.05, 0.1) is 0 Å². The van der Waals surface area contributed by atoms with E-state index in [1.165, 1.54) is 38.5 Å². The first-order valence-corrected chi connectivity index (χ1v) is 7.50. The van der Waals surface area contributed by atoms with E-state index in [9.17, 15) is 0 Å². The van der Waals surface area contributed by atoms with Crippen LogP contribution in [0.25, 0.3) is 0 Å². The van der Waals surface area contributed by atoms with Gasteiger partial charge in [-0.1, -0.05) is 26.2 Å². The van der Waals surface area contributed by atoms with Gasteiger partial charge in [0, 0.05) is 24.3 Å². The molecule has 1 aromatic heterocycles. The van der Waals surface area contributed by atoms with E-state index in [0.29, 0.717) is 12.1 Å². The molecule has 0 bridgehead atoms. The first-order chi connectivity index (χ1) is 8.69. The van der Waals surface area contributed by atoms with Crippen molar-refractivity contribution in [3.8, 4) is 0 Å². The Labute approximate surface area is 111 Å². The minimum atomic E-state index is 0.444. The average molecular weight is 249 g/mol. The maximum Gasteiger partial charge on any atom is 0.148 e. The number of nitrogens with one attached hydrogen (secondary N) is 1. The second kappa shape index (κ2) is 6.26. The molecule has 0 saturated heterocycles. The molecule has 102 valence electrons. The molecule has 1 N–H and O–H groups in total. The highest BCUT2D eigenvalue weighted by Crippen LogP contribution is 2.27. The van der Waals surface area contributed by atoms with Crippen LogP contribution in [0.1, 0.15) is 65.3 Å². The zero-order valence-corrected chi connectivity index (χ0v) is 12.0. The molecule has 1 saturated carbocycles. The molecule has 1 fully saturated rings. The summed E-state index contributed by atoms with van der Waals surface area (Å²) in [5.74, 6) is 1.99. The van der Waals surface area contributed by atoms with Gasteiger partial charge in [0.1, 0.15) is 5.82 Å². The van der Waals surface area contributed by atoms with Gasteiger partial charge in [-0.05, 0) is 39.0 Å². The van der Waals surface area contributed by atoms with Crippen molar-refractivity contribution >= 4 is 5.82 Å². The van der Waals surface area contributed by atoms with Gasteiger partial charge >= 0.3 is 0 Å². The summed E-state index contributed by atoms with van der Waals surface area (Å²) in [5, 5.41) is 8.19. The van der Waals surface area contributed by atoms with Gasteiger partial charge in [-0.2, -0.15) is 5.10 Å². The zero-order chi connectivity index (χ0) is 13.0. The Morgan fingerprint density at radius 3 is 2.83 bits per heavy atom. The summed E-state index contributed by atoms with van der Waals surface area (Å²) < 4.78 is 2.02. The van der Waals surface area contributed by atoms with Crippen molar-refractivity contribution in [3.05, 3.63) is 12.3 Å². The minimum Gasteiger partial charge on any atom is -0.366 e. The molecule has 0 aromatic carbocycles. The highest BCUT2D eigenvalue weighted by molar-refractivity contribution is 5.33. The van der Waals surface area contributed by atoms with E-state index in [2.05, 4.69) is 43.4 Å². The summed E-state index contributed by atoms with van der Waals surface area (Å²) >= 11 is 0. The monoisotopic (exact) mass is 249 g/mol. The molecule has 0 aliphatic heterocycles. The second-order valence-corrected chi connectivity index (χ2v) is 5.90. The largest absolute Gasteiger partial charge is 0.366 e. The molecule has 0 radical (unpaired) electrons. The molecule has 1 aromatic rings. The van der Waals surface area contributed by atoms with Crippen LogP contribution in [0, 0.1) is 5.92 Å². The van der Waals surface area contributed by atoms with Gasteiger partial charge in [0.2, 0.25) is 0 Å². The van der Waals surface area contributed by atoms with E-state index in [1.807, 2.05) is 4.68 Å². The highest BCUT2D eigenvalue weighted by atomic mass is 15.3. The van der Waals surface area contributed by atoms with Crippen LogP contribution < -0.4 is 5.32 Å². The fourth-order valence-electron chi connectivity index (χ4n) is 2.84. The molecule has 0 amide bonds. The van der Waals surface area contributed by atoms with Crippen LogP contribution in [0.5, 0.6) is 0 Å². The predicted molar refractivity (Wildman–Crippen MR) is 76.9 cm³/mol. The Balaban J connectivity index is 1.88. The summed E-state index contributed by atoms with van der Waals surface area (Å²) in [4.78, 5) is 0.